The van der Waals surface area contributed by atoms with Crippen molar-refractivity contribution in [1.82, 2.24) is 0 Å². The zero-order valence-electron chi connectivity index (χ0n) is 11.1. The van der Waals surface area contributed by atoms with Crippen LogP contribution < -0.4 is 5.32 Å². The van der Waals surface area contributed by atoms with Gasteiger partial charge >= 0.3 is 5.97 Å². The lowest BCUT2D eigenvalue weighted by molar-refractivity contribution is -0.153. The van der Waals surface area contributed by atoms with Gasteiger partial charge in [0.15, 0.2) is 0 Å². The van der Waals surface area contributed by atoms with E-state index in [0.717, 1.165) is 0 Å². The van der Waals surface area contributed by atoms with Crippen molar-refractivity contribution in [3.63, 3.8) is 0 Å². The maximum Gasteiger partial charge on any atom is 0.310 e. The molecule has 0 unspecified atom stereocenters. The second kappa shape index (κ2) is 5.85. The van der Waals surface area contributed by atoms with E-state index in [4.69, 9.17) is 5.26 Å². The number of hydrogen-bond donors (Lipinski definition) is 2. The number of carbonyl (C=O) groups is 2. The van der Waals surface area contributed by atoms with Gasteiger partial charge in [-0.15, -0.1) is 11.3 Å². The molecular formula is C13H16N2O3S. The molecule has 1 atom stereocenters. The molecular weight excluding hydrogens is 264 g/mol. The minimum absolute atomic E-state index is 0.122. The predicted molar refractivity (Wildman–Crippen MR) is 72.9 cm³/mol. The maximum atomic E-state index is 11.9. The lowest BCUT2D eigenvalue weighted by Crippen LogP contribution is -2.37. The fourth-order valence-electron chi connectivity index (χ4n) is 1.53. The first-order chi connectivity index (χ1) is 8.81. The molecule has 0 spiro atoms. The minimum Gasteiger partial charge on any atom is -0.481 e. The first kappa shape index (κ1) is 15.2. The maximum absolute atomic E-state index is 11.9. The van der Waals surface area contributed by atoms with Crippen molar-refractivity contribution in [1.29, 1.82) is 5.26 Å². The average Bonchev–Trinajstić information content (AvgIpc) is 2.75. The minimum atomic E-state index is -1.12. The summed E-state index contributed by atoms with van der Waals surface area (Å²) < 4.78 is 0. The Morgan fingerprint density at radius 1 is 1.58 bits per heavy atom. The van der Waals surface area contributed by atoms with Crippen LogP contribution >= 0.6 is 11.3 Å². The molecule has 0 fully saturated rings. The first-order valence-electron chi connectivity index (χ1n) is 5.82. The second-order valence-electron chi connectivity index (χ2n) is 4.88. The molecule has 1 amide bonds. The third-order valence-electron chi connectivity index (χ3n) is 3.33. The summed E-state index contributed by atoms with van der Waals surface area (Å²) in [6.07, 6.45) is -0.122. The van der Waals surface area contributed by atoms with Crippen LogP contribution in [0.2, 0.25) is 0 Å². The molecule has 102 valence electrons. The summed E-state index contributed by atoms with van der Waals surface area (Å²) in [6, 6.07) is 3.58. The molecule has 0 aliphatic rings. The van der Waals surface area contributed by atoms with E-state index in [1.54, 1.807) is 32.2 Å². The molecule has 0 saturated carbocycles. The number of carboxylic acids is 1. The normalized spacial score (nSPS) is 13.6. The van der Waals surface area contributed by atoms with Crippen LogP contribution in [0.3, 0.4) is 0 Å². The van der Waals surface area contributed by atoms with Gasteiger partial charge in [0.25, 0.3) is 0 Å². The van der Waals surface area contributed by atoms with E-state index in [9.17, 15) is 14.7 Å². The number of nitrogens with one attached hydrogen (secondary N) is 1. The third-order valence-corrected chi connectivity index (χ3v) is 4.16. The molecule has 0 bridgehead atoms. The van der Waals surface area contributed by atoms with Gasteiger partial charge in [0.2, 0.25) is 5.91 Å². The Hall–Kier alpha value is -1.87. The molecule has 1 heterocycles. The van der Waals surface area contributed by atoms with Crippen LogP contribution in [-0.4, -0.2) is 17.0 Å². The van der Waals surface area contributed by atoms with Crippen LogP contribution in [0.4, 0.5) is 5.00 Å². The summed E-state index contributed by atoms with van der Waals surface area (Å²) in [7, 11) is 0. The molecule has 0 saturated heterocycles. The van der Waals surface area contributed by atoms with Crippen LogP contribution in [0.15, 0.2) is 11.4 Å². The van der Waals surface area contributed by atoms with Crippen molar-refractivity contribution in [3.8, 4) is 6.07 Å². The predicted octanol–water partition coefficient (Wildman–Crippen LogP) is 2.70. The number of carboxylic acid groups (broad SMARTS) is 1. The molecule has 0 aliphatic carbocycles. The molecule has 5 nitrogen and oxygen atoms in total. The molecule has 19 heavy (non-hydrogen) atoms. The zero-order chi connectivity index (χ0) is 14.6. The Labute approximate surface area is 115 Å². The molecule has 0 aliphatic heterocycles. The van der Waals surface area contributed by atoms with Gasteiger partial charge in [-0.1, -0.05) is 13.8 Å². The zero-order valence-corrected chi connectivity index (χ0v) is 11.9. The quantitative estimate of drug-likeness (QED) is 0.867. The highest BCUT2D eigenvalue weighted by atomic mass is 32.1. The molecule has 2 N–H and O–H groups in total. The summed E-state index contributed by atoms with van der Waals surface area (Å²) in [6.45, 7) is 5.10. The van der Waals surface area contributed by atoms with Gasteiger partial charge in [-0.2, -0.15) is 5.26 Å². The van der Waals surface area contributed by atoms with Gasteiger partial charge in [0, 0.05) is 6.42 Å². The van der Waals surface area contributed by atoms with Gasteiger partial charge in [-0.3, -0.25) is 9.59 Å². The summed E-state index contributed by atoms with van der Waals surface area (Å²) in [4.78, 5) is 23.2. The number of hydrogen-bond acceptors (Lipinski definition) is 4. The number of thiophene rings is 1. The fourth-order valence-corrected chi connectivity index (χ4v) is 2.28. The number of rotatable bonds is 5. The monoisotopic (exact) mass is 280 g/mol. The standard InChI is InChI=1S/C13H16N2O3S/c1-8(2)13(3,12(17)18)6-10(16)15-11-9(7-14)4-5-19-11/h4-5,8H,6H2,1-3H3,(H,15,16)(H,17,18)/t13-/m1/s1. The number of aliphatic carboxylic acids is 1. The first-order valence-corrected chi connectivity index (χ1v) is 6.70. The number of nitrogens with zero attached hydrogens (tertiary/aromatic N) is 1. The van der Waals surface area contributed by atoms with Crippen molar-refractivity contribution >= 4 is 28.2 Å². The van der Waals surface area contributed by atoms with Crippen molar-refractivity contribution < 1.29 is 14.7 Å². The Morgan fingerprint density at radius 3 is 2.68 bits per heavy atom. The van der Waals surface area contributed by atoms with E-state index in [1.807, 2.05) is 6.07 Å². The molecule has 1 aromatic rings. The highest BCUT2D eigenvalue weighted by Gasteiger charge is 2.38. The Morgan fingerprint density at radius 2 is 2.21 bits per heavy atom. The van der Waals surface area contributed by atoms with E-state index < -0.39 is 17.3 Å². The van der Waals surface area contributed by atoms with Crippen LogP contribution in [0, 0.1) is 22.7 Å². The van der Waals surface area contributed by atoms with Crippen LogP contribution in [0.25, 0.3) is 0 Å². The van der Waals surface area contributed by atoms with E-state index in [2.05, 4.69) is 5.32 Å². The average molecular weight is 280 g/mol. The van der Waals surface area contributed by atoms with E-state index in [-0.39, 0.29) is 12.3 Å². The summed E-state index contributed by atoms with van der Waals surface area (Å²) in [5.74, 6) is -1.56. The van der Waals surface area contributed by atoms with Crippen LogP contribution in [-0.2, 0) is 9.59 Å². The number of nitriles is 1. The lowest BCUT2D eigenvalue weighted by Gasteiger charge is -2.28. The summed E-state index contributed by atoms with van der Waals surface area (Å²) in [5, 5.41) is 22.9. The van der Waals surface area contributed by atoms with Gasteiger partial charge < -0.3 is 10.4 Å². The van der Waals surface area contributed by atoms with Crippen molar-refractivity contribution in [3.05, 3.63) is 17.0 Å². The van der Waals surface area contributed by atoms with Gasteiger partial charge in [0.05, 0.1) is 11.0 Å². The number of carbonyl (C=O) groups excluding carboxylic acids is 1. The highest BCUT2D eigenvalue weighted by molar-refractivity contribution is 7.14. The molecule has 1 aromatic heterocycles. The Bertz CT molecular complexity index is 530. The Kier molecular flexibility index (Phi) is 4.67. The van der Waals surface area contributed by atoms with Crippen molar-refractivity contribution in [2.45, 2.75) is 27.2 Å². The highest BCUT2D eigenvalue weighted by Crippen LogP contribution is 2.32. The van der Waals surface area contributed by atoms with Gasteiger partial charge in [0.1, 0.15) is 11.1 Å². The van der Waals surface area contributed by atoms with E-state index >= 15 is 0 Å². The van der Waals surface area contributed by atoms with E-state index in [0.29, 0.717) is 10.6 Å². The summed E-state index contributed by atoms with van der Waals surface area (Å²) >= 11 is 1.24. The lowest BCUT2D eigenvalue weighted by atomic mass is 9.76. The molecule has 0 radical (unpaired) electrons. The van der Waals surface area contributed by atoms with E-state index in [1.165, 1.54) is 11.3 Å². The van der Waals surface area contributed by atoms with Gasteiger partial charge in [-0.05, 0) is 24.3 Å². The van der Waals surface area contributed by atoms with Crippen molar-refractivity contribution in [2.24, 2.45) is 11.3 Å². The smallest absolute Gasteiger partial charge is 0.310 e. The number of amides is 1. The van der Waals surface area contributed by atoms with Crippen LogP contribution in [0.1, 0.15) is 32.8 Å². The van der Waals surface area contributed by atoms with Gasteiger partial charge in [-0.25, -0.2) is 0 Å². The fraction of sp³-hybridized carbons (Fsp3) is 0.462. The largest absolute Gasteiger partial charge is 0.481 e. The number of anilines is 1. The molecule has 6 heteroatoms. The van der Waals surface area contributed by atoms with Crippen LogP contribution in [0.5, 0.6) is 0 Å². The van der Waals surface area contributed by atoms with Crippen molar-refractivity contribution in [2.75, 3.05) is 5.32 Å². The Balaban J connectivity index is 2.81. The second-order valence-corrected chi connectivity index (χ2v) is 5.79. The molecule has 1 rings (SSSR count). The topological polar surface area (TPSA) is 90.2 Å². The summed E-state index contributed by atoms with van der Waals surface area (Å²) in [5.41, 5.74) is -0.728. The molecule has 0 aromatic carbocycles. The SMILES string of the molecule is CC(C)[C@@](C)(CC(=O)Nc1sccc1C#N)C(=O)O. The third kappa shape index (κ3) is 3.32.